The maximum Gasteiger partial charge on any atom is 0.234 e. The molecule has 0 aliphatic rings. The standard InChI is InChI=1S/C13H19NO3S/c1-9(15)10(2)18-8-13(16)14-11-6-4-5-7-12(11)17-3/h4-7,9-10,15H,8H2,1-3H3,(H,14,16). The molecule has 1 aromatic rings. The van der Waals surface area contributed by atoms with Crippen LogP contribution in [0.5, 0.6) is 5.75 Å². The van der Waals surface area contributed by atoms with Gasteiger partial charge in [0.05, 0.1) is 24.7 Å². The highest BCUT2D eigenvalue weighted by molar-refractivity contribution is 8.00. The van der Waals surface area contributed by atoms with Crippen LogP contribution in [-0.2, 0) is 4.79 Å². The molecule has 0 saturated carbocycles. The molecule has 1 amide bonds. The van der Waals surface area contributed by atoms with E-state index in [0.29, 0.717) is 17.2 Å². The highest BCUT2D eigenvalue weighted by Crippen LogP contribution is 2.23. The van der Waals surface area contributed by atoms with Crippen LogP contribution in [0.3, 0.4) is 0 Å². The molecule has 0 radical (unpaired) electrons. The van der Waals surface area contributed by atoms with E-state index < -0.39 is 6.10 Å². The molecule has 0 bridgehead atoms. The van der Waals surface area contributed by atoms with Gasteiger partial charge in [0.2, 0.25) is 5.91 Å². The zero-order valence-electron chi connectivity index (χ0n) is 10.8. The van der Waals surface area contributed by atoms with Gasteiger partial charge in [-0.1, -0.05) is 19.1 Å². The van der Waals surface area contributed by atoms with E-state index in [0.717, 1.165) is 0 Å². The average Bonchev–Trinajstić information content (AvgIpc) is 2.36. The van der Waals surface area contributed by atoms with Crippen LogP contribution in [0.4, 0.5) is 5.69 Å². The number of ether oxygens (including phenoxy) is 1. The lowest BCUT2D eigenvalue weighted by Gasteiger charge is -2.14. The molecule has 4 nitrogen and oxygen atoms in total. The number of carbonyl (C=O) groups excluding carboxylic acids is 1. The fraction of sp³-hybridized carbons (Fsp3) is 0.462. The Hall–Kier alpha value is -1.20. The molecule has 1 rings (SSSR count). The lowest BCUT2D eigenvalue weighted by atomic mass is 10.3. The van der Waals surface area contributed by atoms with E-state index in [1.165, 1.54) is 11.8 Å². The Morgan fingerprint density at radius 1 is 1.44 bits per heavy atom. The van der Waals surface area contributed by atoms with Gasteiger partial charge >= 0.3 is 0 Å². The van der Waals surface area contributed by atoms with Crippen molar-refractivity contribution in [2.45, 2.75) is 25.2 Å². The maximum atomic E-state index is 11.7. The zero-order chi connectivity index (χ0) is 13.5. The first-order chi connectivity index (χ1) is 8.54. The lowest BCUT2D eigenvalue weighted by Crippen LogP contribution is -2.21. The second kappa shape index (κ2) is 7.28. The summed E-state index contributed by atoms with van der Waals surface area (Å²) in [5, 5.41) is 12.2. The number of rotatable bonds is 6. The zero-order valence-corrected chi connectivity index (χ0v) is 11.7. The van der Waals surface area contributed by atoms with Gasteiger partial charge in [-0.25, -0.2) is 0 Å². The number of nitrogens with one attached hydrogen (secondary N) is 1. The molecule has 0 aliphatic heterocycles. The average molecular weight is 269 g/mol. The minimum Gasteiger partial charge on any atom is -0.495 e. The number of methoxy groups -OCH3 is 1. The second-order valence-electron chi connectivity index (χ2n) is 4.01. The Kier molecular flexibility index (Phi) is 6.01. The number of para-hydroxylation sites is 2. The van der Waals surface area contributed by atoms with Crippen LogP contribution in [0.2, 0.25) is 0 Å². The largest absolute Gasteiger partial charge is 0.495 e. The van der Waals surface area contributed by atoms with Crippen LogP contribution in [0, 0.1) is 0 Å². The third-order valence-corrected chi connectivity index (χ3v) is 3.89. The van der Waals surface area contributed by atoms with E-state index >= 15 is 0 Å². The van der Waals surface area contributed by atoms with Crippen molar-refractivity contribution in [2.75, 3.05) is 18.2 Å². The number of benzene rings is 1. The van der Waals surface area contributed by atoms with E-state index in [2.05, 4.69) is 5.32 Å². The molecule has 0 heterocycles. The summed E-state index contributed by atoms with van der Waals surface area (Å²) in [4.78, 5) is 11.7. The summed E-state index contributed by atoms with van der Waals surface area (Å²) in [6.07, 6.45) is -0.422. The van der Waals surface area contributed by atoms with E-state index in [9.17, 15) is 9.90 Å². The number of aliphatic hydroxyl groups is 1. The Bertz CT molecular complexity index is 396. The number of anilines is 1. The van der Waals surface area contributed by atoms with Crippen LogP contribution in [0.1, 0.15) is 13.8 Å². The molecule has 0 aliphatic carbocycles. The Labute approximate surface area is 112 Å². The fourth-order valence-electron chi connectivity index (χ4n) is 1.28. The normalized spacial score (nSPS) is 13.8. The van der Waals surface area contributed by atoms with Gasteiger partial charge in [0.1, 0.15) is 5.75 Å². The summed E-state index contributed by atoms with van der Waals surface area (Å²) in [5.74, 6) is 0.848. The van der Waals surface area contributed by atoms with Gasteiger partial charge in [-0.15, -0.1) is 11.8 Å². The van der Waals surface area contributed by atoms with Crippen molar-refractivity contribution in [3.63, 3.8) is 0 Å². The molecule has 2 atom stereocenters. The van der Waals surface area contributed by atoms with Crippen molar-refractivity contribution in [3.05, 3.63) is 24.3 Å². The van der Waals surface area contributed by atoms with E-state index in [4.69, 9.17) is 4.74 Å². The topological polar surface area (TPSA) is 58.6 Å². The lowest BCUT2D eigenvalue weighted by molar-refractivity contribution is -0.113. The van der Waals surface area contributed by atoms with E-state index in [1.54, 1.807) is 26.2 Å². The van der Waals surface area contributed by atoms with Crippen molar-refractivity contribution >= 4 is 23.4 Å². The smallest absolute Gasteiger partial charge is 0.234 e. The first kappa shape index (κ1) is 14.9. The summed E-state index contributed by atoms with van der Waals surface area (Å²) in [6.45, 7) is 3.61. The number of aliphatic hydroxyl groups excluding tert-OH is 1. The van der Waals surface area contributed by atoms with Gasteiger partial charge in [0, 0.05) is 5.25 Å². The molecule has 0 fully saturated rings. The van der Waals surface area contributed by atoms with Crippen molar-refractivity contribution < 1.29 is 14.6 Å². The number of thioether (sulfide) groups is 1. The van der Waals surface area contributed by atoms with Crippen LogP contribution in [-0.4, -0.2) is 35.2 Å². The van der Waals surface area contributed by atoms with Crippen molar-refractivity contribution in [1.29, 1.82) is 0 Å². The highest BCUT2D eigenvalue weighted by atomic mass is 32.2. The first-order valence-corrected chi connectivity index (χ1v) is 6.82. The van der Waals surface area contributed by atoms with E-state index in [-0.39, 0.29) is 11.2 Å². The van der Waals surface area contributed by atoms with Gasteiger partial charge in [0.25, 0.3) is 0 Å². The minimum atomic E-state index is -0.422. The first-order valence-electron chi connectivity index (χ1n) is 5.77. The second-order valence-corrected chi connectivity index (χ2v) is 5.37. The van der Waals surface area contributed by atoms with Gasteiger partial charge in [-0.05, 0) is 19.1 Å². The van der Waals surface area contributed by atoms with Gasteiger partial charge < -0.3 is 15.2 Å². The van der Waals surface area contributed by atoms with Crippen LogP contribution < -0.4 is 10.1 Å². The molecule has 0 spiro atoms. The minimum absolute atomic E-state index is 0.0356. The SMILES string of the molecule is COc1ccccc1NC(=O)CSC(C)C(C)O. The number of carbonyl (C=O) groups is 1. The molecule has 2 unspecified atom stereocenters. The molecule has 100 valence electrons. The summed E-state index contributed by atoms with van der Waals surface area (Å²) < 4.78 is 5.15. The van der Waals surface area contributed by atoms with Gasteiger partial charge in [-0.3, -0.25) is 4.79 Å². The predicted octanol–water partition coefficient (Wildman–Crippen LogP) is 2.14. The predicted molar refractivity (Wildman–Crippen MR) is 75.2 cm³/mol. The van der Waals surface area contributed by atoms with E-state index in [1.807, 2.05) is 19.1 Å². The summed E-state index contributed by atoms with van der Waals surface area (Å²) in [6, 6.07) is 7.27. The maximum absolute atomic E-state index is 11.7. The molecule has 0 saturated heterocycles. The molecule has 1 aromatic carbocycles. The number of hydrogen-bond donors (Lipinski definition) is 2. The monoisotopic (exact) mass is 269 g/mol. The fourth-order valence-corrected chi connectivity index (χ4v) is 2.05. The third kappa shape index (κ3) is 4.58. The molecule has 18 heavy (non-hydrogen) atoms. The summed E-state index contributed by atoms with van der Waals surface area (Å²) >= 11 is 1.42. The van der Waals surface area contributed by atoms with Gasteiger partial charge in [0.15, 0.2) is 0 Å². The highest BCUT2D eigenvalue weighted by Gasteiger charge is 2.12. The Morgan fingerprint density at radius 2 is 2.11 bits per heavy atom. The molecule has 5 heteroatoms. The molecule has 0 aromatic heterocycles. The molecular formula is C13H19NO3S. The summed E-state index contributed by atoms with van der Waals surface area (Å²) in [7, 11) is 1.56. The van der Waals surface area contributed by atoms with Crippen molar-refractivity contribution in [2.24, 2.45) is 0 Å². The molecule has 2 N–H and O–H groups in total. The van der Waals surface area contributed by atoms with Crippen molar-refractivity contribution in [3.8, 4) is 5.75 Å². The Morgan fingerprint density at radius 3 is 2.72 bits per heavy atom. The quantitative estimate of drug-likeness (QED) is 0.830. The van der Waals surface area contributed by atoms with Crippen LogP contribution >= 0.6 is 11.8 Å². The molecular weight excluding hydrogens is 250 g/mol. The van der Waals surface area contributed by atoms with Gasteiger partial charge in [-0.2, -0.15) is 0 Å². The Balaban J connectivity index is 2.49. The van der Waals surface area contributed by atoms with Crippen LogP contribution in [0.15, 0.2) is 24.3 Å². The van der Waals surface area contributed by atoms with Crippen molar-refractivity contribution in [1.82, 2.24) is 0 Å². The number of amides is 1. The summed E-state index contributed by atoms with van der Waals surface area (Å²) in [5.41, 5.74) is 0.662. The number of hydrogen-bond acceptors (Lipinski definition) is 4. The van der Waals surface area contributed by atoms with Crippen LogP contribution in [0.25, 0.3) is 0 Å². The third-order valence-electron chi connectivity index (χ3n) is 2.54.